The lowest BCUT2D eigenvalue weighted by molar-refractivity contribution is -0.385. The highest BCUT2D eigenvalue weighted by Crippen LogP contribution is 2.28. The van der Waals surface area contributed by atoms with E-state index in [1.54, 1.807) is 13.0 Å². The molecule has 0 aliphatic rings. The number of benzene rings is 1. The third-order valence-corrected chi connectivity index (χ3v) is 2.62. The fourth-order valence-electron chi connectivity index (χ4n) is 1.49. The maximum absolute atomic E-state index is 11.9. The van der Waals surface area contributed by atoms with Crippen LogP contribution in [0, 0.1) is 10.1 Å². The summed E-state index contributed by atoms with van der Waals surface area (Å²) in [6.07, 6.45) is 2.25. The van der Waals surface area contributed by atoms with Crippen molar-refractivity contribution in [3.8, 4) is 0 Å². The highest BCUT2D eigenvalue weighted by Gasteiger charge is 2.23. The van der Waals surface area contributed by atoms with Crippen molar-refractivity contribution in [2.45, 2.75) is 19.4 Å². The molecule has 1 aromatic rings. The lowest BCUT2D eigenvalue weighted by Crippen LogP contribution is -2.32. The molecule has 1 rings (SSSR count). The van der Waals surface area contributed by atoms with Crippen LogP contribution >= 0.6 is 11.6 Å². The third-order valence-electron chi connectivity index (χ3n) is 2.31. The summed E-state index contributed by atoms with van der Waals surface area (Å²) >= 11 is 5.73. The molecule has 0 radical (unpaired) electrons. The minimum absolute atomic E-state index is 0.0385. The number of rotatable bonds is 5. The molecule has 0 heterocycles. The van der Waals surface area contributed by atoms with E-state index in [0.29, 0.717) is 6.42 Å². The average Bonchev–Trinajstić information content (AvgIpc) is 2.28. The standard InChI is InChI=1S/C12H13ClN2O3/c1-3-5-8(2)14-12(16)9-6-4-7-10(13)11(9)15(17)18/h3-4,6-8H,1,5H2,2H3,(H,14,16). The topological polar surface area (TPSA) is 72.2 Å². The van der Waals surface area contributed by atoms with Crippen molar-refractivity contribution in [1.29, 1.82) is 0 Å². The van der Waals surface area contributed by atoms with Crippen LogP contribution in [0.5, 0.6) is 0 Å². The molecule has 1 unspecified atom stereocenters. The van der Waals surface area contributed by atoms with Gasteiger partial charge < -0.3 is 5.32 Å². The summed E-state index contributed by atoms with van der Waals surface area (Å²) in [5, 5.41) is 13.5. The Kier molecular flexibility index (Phi) is 4.85. The van der Waals surface area contributed by atoms with Crippen molar-refractivity contribution in [2.75, 3.05) is 0 Å². The number of amides is 1. The van der Waals surface area contributed by atoms with Crippen molar-refractivity contribution in [3.63, 3.8) is 0 Å². The first-order valence-electron chi connectivity index (χ1n) is 5.32. The maximum atomic E-state index is 11.9. The van der Waals surface area contributed by atoms with E-state index in [2.05, 4.69) is 11.9 Å². The Bertz CT molecular complexity index is 488. The molecule has 96 valence electrons. The van der Waals surface area contributed by atoms with Crippen molar-refractivity contribution in [1.82, 2.24) is 5.32 Å². The second kappa shape index (κ2) is 6.16. The van der Waals surface area contributed by atoms with E-state index in [-0.39, 0.29) is 22.3 Å². The highest BCUT2D eigenvalue weighted by molar-refractivity contribution is 6.33. The van der Waals surface area contributed by atoms with E-state index in [9.17, 15) is 14.9 Å². The summed E-state index contributed by atoms with van der Waals surface area (Å²) in [5.74, 6) is -0.515. The summed E-state index contributed by atoms with van der Waals surface area (Å²) < 4.78 is 0. The number of para-hydroxylation sites is 1. The summed E-state index contributed by atoms with van der Waals surface area (Å²) in [6.45, 7) is 5.35. The van der Waals surface area contributed by atoms with E-state index in [4.69, 9.17) is 11.6 Å². The fraction of sp³-hybridized carbons (Fsp3) is 0.250. The van der Waals surface area contributed by atoms with Crippen LogP contribution < -0.4 is 5.32 Å². The number of carbonyl (C=O) groups is 1. The minimum atomic E-state index is -0.657. The van der Waals surface area contributed by atoms with Crippen molar-refractivity contribution in [3.05, 3.63) is 51.6 Å². The number of nitrogens with zero attached hydrogens (tertiary/aromatic N) is 1. The van der Waals surface area contributed by atoms with Crippen LogP contribution in [0.3, 0.4) is 0 Å². The lowest BCUT2D eigenvalue weighted by atomic mass is 10.1. The molecule has 0 aliphatic heterocycles. The van der Waals surface area contributed by atoms with Gasteiger partial charge in [0.05, 0.1) is 4.92 Å². The monoisotopic (exact) mass is 268 g/mol. The van der Waals surface area contributed by atoms with Crippen LogP contribution in [0.2, 0.25) is 5.02 Å². The van der Waals surface area contributed by atoms with Gasteiger partial charge in [0.2, 0.25) is 0 Å². The summed E-state index contributed by atoms with van der Waals surface area (Å²) in [7, 11) is 0. The maximum Gasteiger partial charge on any atom is 0.300 e. The van der Waals surface area contributed by atoms with Crippen molar-refractivity contribution in [2.24, 2.45) is 0 Å². The lowest BCUT2D eigenvalue weighted by Gasteiger charge is -2.11. The molecule has 0 saturated carbocycles. The highest BCUT2D eigenvalue weighted by atomic mass is 35.5. The van der Waals surface area contributed by atoms with Crippen LogP contribution in [0.4, 0.5) is 5.69 Å². The van der Waals surface area contributed by atoms with E-state index in [1.165, 1.54) is 18.2 Å². The Morgan fingerprint density at radius 2 is 2.33 bits per heavy atom. The number of halogens is 1. The van der Waals surface area contributed by atoms with Gasteiger partial charge in [-0.2, -0.15) is 0 Å². The van der Waals surface area contributed by atoms with E-state index in [0.717, 1.165) is 0 Å². The van der Waals surface area contributed by atoms with E-state index in [1.807, 2.05) is 0 Å². The molecule has 0 saturated heterocycles. The quantitative estimate of drug-likeness (QED) is 0.507. The first-order valence-corrected chi connectivity index (χ1v) is 5.69. The summed E-state index contributed by atoms with van der Waals surface area (Å²) in [6, 6.07) is 4.11. The van der Waals surface area contributed by atoms with Gasteiger partial charge in [-0.05, 0) is 25.5 Å². The average molecular weight is 269 g/mol. The number of nitrogens with one attached hydrogen (secondary N) is 1. The first-order chi connectivity index (χ1) is 8.47. The first kappa shape index (κ1) is 14.2. The molecule has 1 aromatic carbocycles. The third kappa shape index (κ3) is 3.30. The number of hydrogen-bond acceptors (Lipinski definition) is 3. The Balaban J connectivity index is 3.02. The van der Waals surface area contributed by atoms with Gasteiger partial charge in [0.25, 0.3) is 5.91 Å². The molecule has 18 heavy (non-hydrogen) atoms. The molecule has 6 heteroatoms. The van der Waals surface area contributed by atoms with Crippen LogP contribution in [0.15, 0.2) is 30.9 Å². The second-order valence-electron chi connectivity index (χ2n) is 3.79. The van der Waals surface area contributed by atoms with Crippen molar-refractivity contribution >= 4 is 23.2 Å². The van der Waals surface area contributed by atoms with Crippen molar-refractivity contribution < 1.29 is 9.72 Å². The SMILES string of the molecule is C=CCC(C)NC(=O)c1cccc(Cl)c1[N+](=O)[O-]. The van der Waals surface area contributed by atoms with E-state index >= 15 is 0 Å². The number of nitro groups is 1. The zero-order valence-corrected chi connectivity index (χ0v) is 10.6. The molecule has 5 nitrogen and oxygen atoms in total. The molecular weight excluding hydrogens is 256 g/mol. The van der Waals surface area contributed by atoms with Crippen LogP contribution in [-0.4, -0.2) is 16.9 Å². The van der Waals surface area contributed by atoms with Gasteiger partial charge in [-0.1, -0.05) is 23.7 Å². The van der Waals surface area contributed by atoms with Gasteiger partial charge in [0.15, 0.2) is 0 Å². The van der Waals surface area contributed by atoms with Gasteiger partial charge >= 0.3 is 5.69 Å². The van der Waals surface area contributed by atoms with Gasteiger partial charge in [-0.25, -0.2) is 0 Å². The fourth-order valence-corrected chi connectivity index (χ4v) is 1.74. The molecule has 0 spiro atoms. The normalized spacial score (nSPS) is 11.7. The Hall–Kier alpha value is -1.88. The Morgan fingerprint density at radius 3 is 2.89 bits per heavy atom. The summed E-state index contributed by atoms with van der Waals surface area (Å²) in [4.78, 5) is 22.1. The van der Waals surface area contributed by atoms with Gasteiger partial charge in [-0.15, -0.1) is 6.58 Å². The summed E-state index contributed by atoms with van der Waals surface area (Å²) in [5.41, 5.74) is -0.411. The largest absolute Gasteiger partial charge is 0.349 e. The predicted octanol–water partition coefficient (Wildman–Crippen LogP) is 2.94. The number of carbonyl (C=O) groups excluding carboxylic acids is 1. The molecule has 0 fully saturated rings. The molecular formula is C12H13ClN2O3. The molecule has 0 bridgehead atoms. The molecule has 1 N–H and O–H groups in total. The van der Waals surface area contributed by atoms with Crippen LogP contribution in [-0.2, 0) is 0 Å². The van der Waals surface area contributed by atoms with Gasteiger partial charge in [0, 0.05) is 6.04 Å². The van der Waals surface area contributed by atoms with Crippen LogP contribution in [0.25, 0.3) is 0 Å². The Labute approximate surface area is 110 Å². The van der Waals surface area contributed by atoms with E-state index < -0.39 is 10.8 Å². The van der Waals surface area contributed by atoms with Gasteiger partial charge in [-0.3, -0.25) is 14.9 Å². The predicted molar refractivity (Wildman–Crippen MR) is 69.8 cm³/mol. The number of hydrogen-bond donors (Lipinski definition) is 1. The minimum Gasteiger partial charge on any atom is -0.349 e. The van der Waals surface area contributed by atoms with Gasteiger partial charge in [0.1, 0.15) is 10.6 Å². The van der Waals surface area contributed by atoms with Crippen LogP contribution in [0.1, 0.15) is 23.7 Å². The Morgan fingerprint density at radius 1 is 1.67 bits per heavy atom. The smallest absolute Gasteiger partial charge is 0.300 e. The molecule has 1 atom stereocenters. The second-order valence-corrected chi connectivity index (χ2v) is 4.20. The zero-order valence-electron chi connectivity index (χ0n) is 9.85. The molecule has 1 amide bonds. The zero-order chi connectivity index (χ0) is 13.7. The molecule has 0 aromatic heterocycles. The number of nitro benzene ring substituents is 1. The molecule has 0 aliphatic carbocycles.